The van der Waals surface area contributed by atoms with Crippen LogP contribution in [0.1, 0.15) is 43.1 Å². The molecule has 6 nitrogen and oxygen atoms in total. The number of para-hydroxylation sites is 2. The van der Waals surface area contributed by atoms with E-state index in [1.807, 2.05) is 43.3 Å². The SMILES string of the molecule is Cc1cccc(S(=O)(=O)N2CCCC2CN2CCC(c3nc4ccccc4o3)CC2)c1. The second kappa shape index (κ2) is 8.37. The molecule has 164 valence electrons. The predicted octanol–water partition coefficient (Wildman–Crippen LogP) is 4.17. The molecular weight excluding hydrogens is 410 g/mol. The van der Waals surface area contributed by atoms with E-state index >= 15 is 0 Å². The van der Waals surface area contributed by atoms with Crippen molar-refractivity contribution >= 4 is 21.1 Å². The van der Waals surface area contributed by atoms with Gasteiger partial charge in [0.2, 0.25) is 10.0 Å². The minimum Gasteiger partial charge on any atom is -0.440 e. The third-order valence-corrected chi connectivity index (χ3v) is 8.58. The number of hydrogen-bond acceptors (Lipinski definition) is 5. The summed E-state index contributed by atoms with van der Waals surface area (Å²) in [5.74, 6) is 1.17. The molecule has 0 radical (unpaired) electrons. The van der Waals surface area contributed by atoms with Crippen LogP contribution in [0.3, 0.4) is 0 Å². The average molecular weight is 440 g/mol. The van der Waals surface area contributed by atoms with Gasteiger partial charge in [0.05, 0.1) is 4.90 Å². The Morgan fingerprint density at radius 2 is 1.84 bits per heavy atom. The van der Waals surface area contributed by atoms with Crippen LogP contribution in [-0.2, 0) is 10.0 Å². The van der Waals surface area contributed by atoms with Crippen molar-refractivity contribution in [3.63, 3.8) is 0 Å². The molecule has 31 heavy (non-hydrogen) atoms. The Morgan fingerprint density at radius 3 is 2.61 bits per heavy atom. The summed E-state index contributed by atoms with van der Waals surface area (Å²) < 4.78 is 34.2. The van der Waals surface area contributed by atoms with Gasteiger partial charge in [0.25, 0.3) is 0 Å². The van der Waals surface area contributed by atoms with Crippen molar-refractivity contribution in [3.8, 4) is 0 Å². The number of aryl methyl sites for hydroxylation is 1. The zero-order chi connectivity index (χ0) is 21.4. The van der Waals surface area contributed by atoms with Crippen molar-refractivity contribution in [2.45, 2.75) is 49.5 Å². The molecular formula is C24H29N3O3S. The van der Waals surface area contributed by atoms with E-state index in [9.17, 15) is 8.42 Å². The fourth-order valence-electron chi connectivity index (χ4n) is 4.94. The molecule has 2 aromatic carbocycles. The van der Waals surface area contributed by atoms with Crippen LogP contribution in [0.25, 0.3) is 11.1 Å². The smallest absolute Gasteiger partial charge is 0.243 e. The van der Waals surface area contributed by atoms with Crippen LogP contribution in [0.4, 0.5) is 0 Å². The first-order chi connectivity index (χ1) is 15.0. The first-order valence-electron chi connectivity index (χ1n) is 11.2. The number of benzene rings is 2. The molecule has 0 N–H and O–H groups in total. The summed E-state index contributed by atoms with van der Waals surface area (Å²) in [7, 11) is -3.45. The minimum absolute atomic E-state index is 0.0476. The first kappa shape index (κ1) is 20.7. The lowest BCUT2D eigenvalue weighted by Gasteiger charge is -2.34. The van der Waals surface area contributed by atoms with Crippen LogP contribution in [0.2, 0.25) is 0 Å². The Hall–Kier alpha value is -2.22. The van der Waals surface area contributed by atoms with E-state index in [2.05, 4.69) is 9.88 Å². The Bertz CT molecular complexity index is 1130. The monoisotopic (exact) mass is 439 g/mol. The second-order valence-corrected chi connectivity index (χ2v) is 10.7. The molecule has 7 heteroatoms. The third kappa shape index (κ3) is 4.14. The number of fused-ring (bicyclic) bond motifs is 1. The fraction of sp³-hybridized carbons (Fsp3) is 0.458. The Labute approximate surface area is 183 Å². The molecule has 2 aliphatic heterocycles. The minimum atomic E-state index is -3.45. The number of hydrogen-bond donors (Lipinski definition) is 0. The summed E-state index contributed by atoms with van der Waals surface area (Å²) in [6, 6.07) is 15.2. The van der Waals surface area contributed by atoms with Gasteiger partial charge in [-0.3, -0.25) is 0 Å². The molecule has 3 heterocycles. The van der Waals surface area contributed by atoms with Gasteiger partial charge in [-0.2, -0.15) is 4.31 Å². The molecule has 1 unspecified atom stereocenters. The van der Waals surface area contributed by atoms with Crippen LogP contribution in [0.5, 0.6) is 0 Å². The Morgan fingerprint density at radius 1 is 1.03 bits per heavy atom. The van der Waals surface area contributed by atoms with E-state index in [0.29, 0.717) is 17.4 Å². The van der Waals surface area contributed by atoms with Gasteiger partial charge in [-0.15, -0.1) is 0 Å². The van der Waals surface area contributed by atoms with Crippen LogP contribution in [0, 0.1) is 6.92 Å². The Kier molecular flexibility index (Phi) is 5.58. The number of oxazole rings is 1. The summed E-state index contributed by atoms with van der Waals surface area (Å²) in [4.78, 5) is 7.50. The highest BCUT2D eigenvalue weighted by Gasteiger charge is 2.37. The Balaban J connectivity index is 1.23. The average Bonchev–Trinajstić information content (AvgIpc) is 3.41. The lowest BCUT2D eigenvalue weighted by Crippen LogP contribution is -2.45. The highest BCUT2D eigenvalue weighted by molar-refractivity contribution is 7.89. The van der Waals surface area contributed by atoms with Gasteiger partial charge in [0.1, 0.15) is 5.52 Å². The zero-order valence-corrected chi connectivity index (χ0v) is 18.7. The number of likely N-dealkylation sites (tertiary alicyclic amines) is 1. The van der Waals surface area contributed by atoms with Crippen molar-refractivity contribution < 1.29 is 12.8 Å². The highest BCUT2D eigenvalue weighted by atomic mass is 32.2. The molecule has 0 saturated carbocycles. The maximum atomic E-state index is 13.2. The lowest BCUT2D eigenvalue weighted by atomic mass is 9.96. The predicted molar refractivity (Wildman–Crippen MR) is 121 cm³/mol. The van der Waals surface area contributed by atoms with Crippen LogP contribution < -0.4 is 0 Å². The first-order valence-corrected chi connectivity index (χ1v) is 12.6. The largest absolute Gasteiger partial charge is 0.440 e. The second-order valence-electron chi connectivity index (χ2n) is 8.82. The molecule has 5 rings (SSSR count). The molecule has 3 aromatic rings. The summed E-state index contributed by atoms with van der Waals surface area (Å²) in [6.45, 7) is 5.23. The van der Waals surface area contributed by atoms with Crippen molar-refractivity contribution in [1.82, 2.24) is 14.2 Å². The number of sulfonamides is 1. The van der Waals surface area contributed by atoms with Crippen LogP contribution in [0.15, 0.2) is 57.8 Å². The van der Waals surface area contributed by atoms with Crippen molar-refractivity contribution in [3.05, 3.63) is 60.0 Å². The van der Waals surface area contributed by atoms with E-state index < -0.39 is 10.0 Å². The number of nitrogens with zero attached hydrogens (tertiary/aromatic N) is 3. The fourth-order valence-corrected chi connectivity index (χ4v) is 6.73. The number of aromatic nitrogens is 1. The summed E-state index contributed by atoms with van der Waals surface area (Å²) in [6.07, 6.45) is 3.83. The quantitative estimate of drug-likeness (QED) is 0.597. The summed E-state index contributed by atoms with van der Waals surface area (Å²) in [5, 5.41) is 0. The molecule has 0 spiro atoms. The molecule has 1 atom stereocenters. The summed E-state index contributed by atoms with van der Waals surface area (Å²) in [5.41, 5.74) is 2.74. The van der Waals surface area contributed by atoms with Gasteiger partial charge in [-0.05, 0) is 75.5 Å². The van der Waals surface area contributed by atoms with Gasteiger partial charge in [-0.1, -0.05) is 24.3 Å². The number of piperidine rings is 1. The van der Waals surface area contributed by atoms with Crippen LogP contribution >= 0.6 is 0 Å². The molecule has 0 aliphatic carbocycles. The van der Waals surface area contributed by atoms with Gasteiger partial charge in [-0.25, -0.2) is 13.4 Å². The molecule has 0 bridgehead atoms. The van der Waals surface area contributed by atoms with E-state index in [1.54, 1.807) is 16.4 Å². The summed E-state index contributed by atoms with van der Waals surface area (Å²) >= 11 is 0. The van der Waals surface area contributed by atoms with Gasteiger partial charge < -0.3 is 9.32 Å². The lowest BCUT2D eigenvalue weighted by molar-refractivity contribution is 0.170. The molecule has 2 fully saturated rings. The van der Waals surface area contributed by atoms with Crippen molar-refractivity contribution in [2.75, 3.05) is 26.2 Å². The van der Waals surface area contributed by atoms with E-state index in [4.69, 9.17) is 4.42 Å². The zero-order valence-electron chi connectivity index (χ0n) is 17.9. The maximum absolute atomic E-state index is 13.2. The van der Waals surface area contributed by atoms with Crippen molar-refractivity contribution in [2.24, 2.45) is 0 Å². The highest BCUT2D eigenvalue weighted by Crippen LogP contribution is 2.32. The van der Waals surface area contributed by atoms with Gasteiger partial charge in [0, 0.05) is 25.0 Å². The molecule has 1 aromatic heterocycles. The topological polar surface area (TPSA) is 66.7 Å². The molecule has 0 amide bonds. The van der Waals surface area contributed by atoms with E-state index in [1.165, 1.54) is 0 Å². The van der Waals surface area contributed by atoms with Gasteiger partial charge >= 0.3 is 0 Å². The maximum Gasteiger partial charge on any atom is 0.243 e. The number of rotatable bonds is 5. The van der Waals surface area contributed by atoms with Gasteiger partial charge in [0.15, 0.2) is 11.5 Å². The third-order valence-electron chi connectivity index (χ3n) is 6.64. The normalized spacial score (nSPS) is 21.8. The van der Waals surface area contributed by atoms with E-state index in [0.717, 1.165) is 67.9 Å². The molecule has 2 aliphatic rings. The van der Waals surface area contributed by atoms with E-state index in [-0.39, 0.29) is 6.04 Å². The van der Waals surface area contributed by atoms with Crippen LogP contribution in [-0.4, -0.2) is 54.8 Å². The standard InChI is InChI=1S/C24H29N3O3S/c1-18-6-4-8-21(16-18)31(28,29)27-13-5-7-20(27)17-26-14-11-19(12-15-26)24-25-22-9-2-3-10-23(22)30-24/h2-4,6,8-10,16,19-20H,5,7,11-15,17H2,1H3. The molecule has 2 saturated heterocycles. The van der Waals surface area contributed by atoms with Crippen molar-refractivity contribution in [1.29, 1.82) is 0 Å².